The van der Waals surface area contributed by atoms with E-state index in [2.05, 4.69) is 41.1 Å². The van der Waals surface area contributed by atoms with Crippen molar-refractivity contribution in [3.05, 3.63) is 0 Å². The number of rotatable bonds is 7. The zero-order chi connectivity index (χ0) is 15.8. The van der Waals surface area contributed by atoms with Gasteiger partial charge in [-0.25, -0.2) is 0 Å². The van der Waals surface area contributed by atoms with Crippen molar-refractivity contribution in [1.29, 1.82) is 0 Å². The second-order valence-electron chi connectivity index (χ2n) is 6.03. The van der Waals surface area contributed by atoms with Gasteiger partial charge in [0, 0.05) is 49.6 Å². The van der Waals surface area contributed by atoms with E-state index in [1.807, 2.05) is 0 Å². The van der Waals surface area contributed by atoms with Crippen LogP contribution in [0.4, 0.5) is 0 Å². The number of hydrogen-bond acceptors (Lipinski definition) is 3. The van der Waals surface area contributed by atoms with Crippen LogP contribution >= 0.6 is 35.7 Å². The van der Waals surface area contributed by atoms with Crippen molar-refractivity contribution in [1.82, 2.24) is 15.5 Å². The molecule has 1 saturated heterocycles. The van der Waals surface area contributed by atoms with Gasteiger partial charge in [-0.1, -0.05) is 6.92 Å². The molecule has 23 heavy (non-hydrogen) atoms. The number of halogens is 1. The van der Waals surface area contributed by atoms with Gasteiger partial charge in [0.05, 0.1) is 0 Å². The molecule has 1 saturated carbocycles. The van der Waals surface area contributed by atoms with Crippen LogP contribution in [0.15, 0.2) is 4.99 Å². The minimum atomic E-state index is 0. The Balaban J connectivity index is 0.00000264. The number of aliphatic imine (C=N–C) groups is 1. The van der Waals surface area contributed by atoms with Crippen LogP contribution in [0.25, 0.3) is 0 Å². The first kappa shape index (κ1) is 20.9. The molecule has 2 rings (SSSR count). The monoisotopic (exact) mass is 454 g/mol. The number of thioether (sulfide) groups is 1. The molecule has 0 spiro atoms. The minimum Gasteiger partial charge on any atom is -0.357 e. The van der Waals surface area contributed by atoms with Gasteiger partial charge in [-0.05, 0) is 32.6 Å². The average Bonchev–Trinajstić information content (AvgIpc) is 3.34. The molecule has 2 fully saturated rings. The van der Waals surface area contributed by atoms with Crippen molar-refractivity contribution in [3.63, 3.8) is 0 Å². The van der Waals surface area contributed by atoms with E-state index in [1.165, 1.54) is 12.2 Å². The highest BCUT2D eigenvalue weighted by Gasteiger charge is 2.23. The third-order valence-corrected chi connectivity index (χ3v) is 5.37. The predicted molar refractivity (Wildman–Crippen MR) is 110 cm³/mol. The maximum atomic E-state index is 11.7. The van der Waals surface area contributed by atoms with Crippen molar-refractivity contribution in [2.45, 2.75) is 57.2 Å². The van der Waals surface area contributed by atoms with Gasteiger partial charge in [0.15, 0.2) is 5.96 Å². The van der Waals surface area contributed by atoms with Crippen molar-refractivity contribution in [2.24, 2.45) is 4.99 Å². The van der Waals surface area contributed by atoms with Crippen LogP contribution < -0.4 is 10.6 Å². The molecule has 1 atom stereocenters. The Kier molecular flexibility index (Phi) is 10.3. The first-order valence-electron chi connectivity index (χ1n) is 8.67. The van der Waals surface area contributed by atoms with Gasteiger partial charge in [0.25, 0.3) is 0 Å². The molecule has 1 unspecified atom stereocenters. The largest absolute Gasteiger partial charge is 0.357 e. The van der Waals surface area contributed by atoms with Crippen molar-refractivity contribution in [3.8, 4) is 0 Å². The third-order valence-electron chi connectivity index (χ3n) is 3.99. The Bertz CT molecular complexity index is 390. The molecule has 1 aliphatic carbocycles. The topological polar surface area (TPSA) is 56.7 Å². The summed E-state index contributed by atoms with van der Waals surface area (Å²) in [6, 6.07) is 0.463. The first-order chi connectivity index (χ1) is 10.7. The molecular formula is C16H31IN4OS. The third kappa shape index (κ3) is 7.96. The normalized spacial score (nSPS) is 21.6. The molecule has 0 aromatic heterocycles. The molecule has 0 radical (unpaired) electrons. The SMILES string of the molecule is CCNC(=NCCCC(=O)NC1CC1)N1CCSC(CC)C1.I. The number of carbonyl (C=O) groups excluding carboxylic acids is 1. The van der Waals surface area contributed by atoms with Crippen molar-refractivity contribution >= 4 is 47.6 Å². The fraction of sp³-hybridized carbons (Fsp3) is 0.875. The van der Waals surface area contributed by atoms with E-state index < -0.39 is 0 Å². The quantitative estimate of drug-likeness (QED) is 0.269. The summed E-state index contributed by atoms with van der Waals surface area (Å²) >= 11 is 2.07. The maximum absolute atomic E-state index is 11.7. The summed E-state index contributed by atoms with van der Waals surface area (Å²) in [5.41, 5.74) is 0. The maximum Gasteiger partial charge on any atom is 0.220 e. The molecule has 1 heterocycles. The molecule has 1 amide bonds. The highest BCUT2D eigenvalue weighted by Crippen LogP contribution is 2.21. The number of nitrogens with zero attached hydrogens (tertiary/aromatic N) is 2. The lowest BCUT2D eigenvalue weighted by atomic mass is 10.3. The second kappa shape index (κ2) is 11.4. The fourth-order valence-electron chi connectivity index (χ4n) is 2.54. The van der Waals surface area contributed by atoms with Crippen LogP contribution in [-0.4, -0.2) is 60.0 Å². The predicted octanol–water partition coefficient (Wildman–Crippen LogP) is 2.46. The van der Waals surface area contributed by atoms with Gasteiger partial charge in [-0.15, -0.1) is 24.0 Å². The van der Waals surface area contributed by atoms with E-state index in [0.717, 1.165) is 51.4 Å². The van der Waals surface area contributed by atoms with Gasteiger partial charge in [0.2, 0.25) is 5.91 Å². The Morgan fingerprint density at radius 2 is 2.13 bits per heavy atom. The van der Waals surface area contributed by atoms with Gasteiger partial charge in [0.1, 0.15) is 0 Å². The van der Waals surface area contributed by atoms with Gasteiger partial charge in [-0.2, -0.15) is 11.8 Å². The molecule has 0 bridgehead atoms. The van der Waals surface area contributed by atoms with E-state index in [-0.39, 0.29) is 29.9 Å². The lowest BCUT2D eigenvalue weighted by Gasteiger charge is -2.34. The number of nitrogens with one attached hydrogen (secondary N) is 2. The minimum absolute atomic E-state index is 0. The Morgan fingerprint density at radius 3 is 2.78 bits per heavy atom. The van der Waals surface area contributed by atoms with E-state index in [9.17, 15) is 4.79 Å². The summed E-state index contributed by atoms with van der Waals surface area (Å²) in [4.78, 5) is 18.7. The van der Waals surface area contributed by atoms with E-state index in [1.54, 1.807) is 0 Å². The Morgan fingerprint density at radius 1 is 1.35 bits per heavy atom. The van der Waals surface area contributed by atoms with E-state index >= 15 is 0 Å². The zero-order valence-electron chi connectivity index (χ0n) is 14.3. The summed E-state index contributed by atoms with van der Waals surface area (Å²) in [5, 5.41) is 7.13. The lowest BCUT2D eigenvalue weighted by molar-refractivity contribution is -0.121. The highest BCUT2D eigenvalue weighted by molar-refractivity contribution is 14.0. The zero-order valence-corrected chi connectivity index (χ0v) is 17.5. The van der Waals surface area contributed by atoms with E-state index in [0.29, 0.717) is 17.7 Å². The molecule has 1 aliphatic heterocycles. The summed E-state index contributed by atoms with van der Waals surface area (Å²) in [7, 11) is 0. The molecule has 0 aromatic rings. The van der Waals surface area contributed by atoms with Crippen molar-refractivity contribution < 1.29 is 4.79 Å². The molecule has 7 heteroatoms. The summed E-state index contributed by atoms with van der Waals surface area (Å²) in [6.07, 6.45) is 4.93. The fourth-order valence-corrected chi connectivity index (χ4v) is 3.72. The smallest absolute Gasteiger partial charge is 0.220 e. The van der Waals surface area contributed by atoms with Crippen LogP contribution in [-0.2, 0) is 4.79 Å². The molecule has 2 aliphatic rings. The second-order valence-corrected chi connectivity index (χ2v) is 7.44. The number of guanidine groups is 1. The summed E-state index contributed by atoms with van der Waals surface area (Å²) < 4.78 is 0. The summed E-state index contributed by atoms with van der Waals surface area (Å²) in [5.74, 6) is 2.37. The van der Waals surface area contributed by atoms with Crippen LogP contribution in [0.3, 0.4) is 0 Å². The van der Waals surface area contributed by atoms with Crippen LogP contribution in [0.5, 0.6) is 0 Å². The number of amides is 1. The molecular weight excluding hydrogens is 423 g/mol. The average molecular weight is 454 g/mol. The first-order valence-corrected chi connectivity index (χ1v) is 9.72. The van der Waals surface area contributed by atoms with Gasteiger partial charge in [-0.3, -0.25) is 9.79 Å². The summed E-state index contributed by atoms with van der Waals surface area (Å²) in [6.45, 7) is 8.12. The number of carbonyl (C=O) groups is 1. The molecule has 0 aromatic carbocycles. The van der Waals surface area contributed by atoms with E-state index in [4.69, 9.17) is 4.99 Å². The molecule has 2 N–H and O–H groups in total. The number of hydrogen-bond donors (Lipinski definition) is 2. The highest BCUT2D eigenvalue weighted by atomic mass is 127. The Hall–Kier alpha value is -0.180. The van der Waals surface area contributed by atoms with Crippen LogP contribution in [0, 0.1) is 0 Å². The van der Waals surface area contributed by atoms with Gasteiger partial charge >= 0.3 is 0 Å². The van der Waals surface area contributed by atoms with Crippen molar-refractivity contribution in [2.75, 3.05) is 31.9 Å². The van der Waals surface area contributed by atoms with Crippen LogP contribution in [0.2, 0.25) is 0 Å². The Labute approximate surface area is 161 Å². The van der Waals surface area contributed by atoms with Gasteiger partial charge < -0.3 is 15.5 Å². The lowest BCUT2D eigenvalue weighted by Crippen LogP contribution is -2.48. The standard InChI is InChI=1S/C16H30N4OS.HI/c1-3-14-12-20(10-11-22-14)16(17-4-2)18-9-5-6-15(21)19-13-7-8-13;/h13-14H,3-12H2,1-2H3,(H,17,18)(H,19,21);1H. The molecule has 5 nitrogen and oxygen atoms in total. The van der Waals surface area contributed by atoms with Crippen LogP contribution in [0.1, 0.15) is 46.0 Å². The molecule has 134 valence electrons.